The number of nitrogens with two attached hydrogens (primary N) is 1. The van der Waals surface area contributed by atoms with Crippen LogP contribution in [0.2, 0.25) is 0 Å². The van der Waals surface area contributed by atoms with Crippen LogP contribution in [0.5, 0.6) is 0 Å². The van der Waals surface area contributed by atoms with Crippen LogP contribution in [0, 0.1) is 11.8 Å². The third kappa shape index (κ3) is 5.28. The lowest BCUT2D eigenvalue weighted by Gasteiger charge is -2.25. The number of nitrogens with zero attached hydrogens (tertiary/aromatic N) is 1. The number of primary amides is 1. The molecule has 1 rings (SSSR count). The van der Waals surface area contributed by atoms with E-state index in [-0.39, 0.29) is 25.1 Å². The molecule has 0 radical (unpaired) electrons. The first kappa shape index (κ1) is 16.7. The molecule has 0 atom stereocenters. The molecule has 5 heteroatoms. The summed E-state index contributed by atoms with van der Waals surface area (Å²) in [5, 5.41) is 8.66. The summed E-state index contributed by atoms with van der Waals surface area (Å²) in [6.45, 7) is 3.58. The van der Waals surface area contributed by atoms with E-state index in [2.05, 4.69) is 11.8 Å². The Bertz CT molecular complexity index is 553. The van der Waals surface area contributed by atoms with Gasteiger partial charge in [0.15, 0.2) is 0 Å². The Kier molecular flexibility index (Phi) is 6.44. The van der Waals surface area contributed by atoms with Gasteiger partial charge in [-0.3, -0.25) is 9.59 Å². The van der Waals surface area contributed by atoms with Crippen LogP contribution in [0.3, 0.4) is 0 Å². The second-order valence-electron chi connectivity index (χ2n) is 4.85. The molecule has 0 heterocycles. The summed E-state index contributed by atoms with van der Waals surface area (Å²) < 4.78 is 0. The predicted molar refractivity (Wildman–Crippen MR) is 80.4 cm³/mol. The smallest absolute Gasteiger partial charge is 0.254 e. The molecule has 0 bridgehead atoms. The lowest BCUT2D eigenvalue weighted by Crippen LogP contribution is -2.42. The summed E-state index contributed by atoms with van der Waals surface area (Å²) in [7, 11) is 0. The quantitative estimate of drug-likeness (QED) is 0.784. The van der Waals surface area contributed by atoms with Crippen molar-refractivity contribution in [2.24, 2.45) is 5.73 Å². The lowest BCUT2D eigenvalue weighted by molar-refractivity contribution is -0.119. The van der Waals surface area contributed by atoms with E-state index in [9.17, 15) is 9.59 Å². The van der Waals surface area contributed by atoms with Crippen molar-refractivity contribution in [3.05, 3.63) is 35.4 Å². The second kappa shape index (κ2) is 8.08. The molecular weight excluding hydrogens is 268 g/mol. The van der Waals surface area contributed by atoms with Crippen molar-refractivity contribution in [3.8, 4) is 11.8 Å². The van der Waals surface area contributed by atoms with Crippen LogP contribution < -0.4 is 5.73 Å². The third-order valence-corrected chi connectivity index (χ3v) is 2.81. The zero-order valence-electron chi connectivity index (χ0n) is 12.3. The van der Waals surface area contributed by atoms with Gasteiger partial charge in [0, 0.05) is 23.6 Å². The Morgan fingerprint density at radius 1 is 1.29 bits per heavy atom. The van der Waals surface area contributed by atoms with E-state index in [1.54, 1.807) is 24.3 Å². The average molecular weight is 288 g/mol. The summed E-state index contributed by atoms with van der Waals surface area (Å²) in [5.41, 5.74) is 6.42. The zero-order chi connectivity index (χ0) is 15.8. The van der Waals surface area contributed by atoms with E-state index in [1.807, 2.05) is 13.8 Å². The maximum Gasteiger partial charge on any atom is 0.254 e. The van der Waals surface area contributed by atoms with Gasteiger partial charge >= 0.3 is 0 Å². The highest BCUT2D eigenvalue weighted by atomic mass is 16.2. The highest BCUT2D eigenvalue weighted by Gasteiger charge is 2.20. The average Bonchev–Trinajstić information content (AvgIpc) is 2.44. The van der Waals surface area contributed by atoms with Gasteiger partial charge in [0.2, 0.25) is 5.91 Å². The number of carbonyl (C=O) groups is 2. The van der Waals surface area contributed by atoms with Crippen LogP contribution in [0.25, 0.3) is 0 Å². The lowest BCUT2D eigenvalue weighted by atomic mass is 10.1. The largest absolute Gasteiger partial charge is 0.395 e. The molecule has 0 aliphatic carbocycles. The highest BCUT2D eigenvalue weighted by Crippen LogP contribution is 2.10. The molecule has 1 aromatic rings. The van der Waals surface area contributed by atoms with E-state index in [1.165, 1.54) is 4.90 Å². The minimum Gasteiger partial charge on any atom is -0.395 e. The Hall–Kier alpha value is -2.32. The molecule has 0 saturated heterocycles. The van der Waals surface area contributed by atoms with Crippen LogP contribution in [0.4, 0.5) is 0 Å². The van der Waals surface area contributed by atoms with Gasteiger partial charge in [-0.15, -0.1) is 0 Å². The molecule has 3 N–H and O–H groups in total. The molecule has 0 aromatic heterocycles. The van der Waals surface area contributed by atoms with Crippen molar-refractivity contribution in [1.29, 1.82) is 0 Å². The van der Waals surface area contributed by atoms with Gasteiger partial charge in [0.1, 0.15) is 0 Å². The molecule has 1 aromatic carbocycles. The number of aliphatic hydroxyl groups is 1. The van der Waals surface area contributed by atoms with Crippen molar-refractivity contribution in [3.63, 3.8) is 0 Å². The van der Waals surface area contributed by atoms with Crippen molar-refractivity contribution >= 4 is 11.8 Å². The van der Waals surface area contributed by atoms with Crippen molar-refractivity contribution in [2.45, 2.75) is 26.3 Å². The molecule has 21 heavy (non-hydrogen) atoms. The second-order valence-corrected chi connectivity index (χ2v) is 4.85. The van der Waals surface area contributed by atoms with Crippen molar-refractivity contribution < 1.29 is 14.7 Å². The first-order valence-corrected chi connectivity index (χ1v) is 6.74. The number of rotatable bonds is 5. The molecule has 112 valence electrons. The molecule has 2 amide bonds. The molecular formula is C16H20N2O3. The summed E-state index contributed by atoms with van der Waals surface area (Å²) in [5.74, 6) is 4.92. The number of hydrogen-bond acceptors (Lipinski definition) is 3. The van der Waals surface area contributed by atoms with Gasteiger partial charge in [-0.25, -0.2) is 0 Å². The van der Waals surface area contributed by atoms with E-state index in [4.69, 9.17) is 10.8 Å². The fourth-order valence-electron chi connectivity index (χ4n) is 1.74. The van der Waals surface area contributed by atoms with Crippen LogP contribution in [0.15, 0.2) is 24.3 Å². The maximum absolute atomic E-state index is 12.3. The summed E-state index contributed by atoms with van der Waals surface area (Å²) in [6, 6.07) is 6.69. The van der Waals surface area contributed by atoms with Gasteiger partial charge < -0.3 is 15.7 Å². The minimum atomic E-state index is -0.538. The SMILES string of the molecule is CC(C)N(CC(N)=O)C(=O)c1ccc(C#CCCO)cc1. The normalized spacial score (nSPS) is 9.90. The topological polar surface area (TPSA) is 83.6 Å². The van der Waals surface area contributed by atoms with Gasteiger partial charge in [-0.1, -0.05) is 11.8 Å². The fourth-order valence-corrected chi connectivity index (χ4v) is 1.74. The van der Waals surface area contributed by atoms with E-state index in [0.29, 0.717) is 12.0 Å². The first-order chi connectivity index (χ1) is 9.95. The van der Waals surface area contributed by atoms with Crippen LogP contribution >= 0.6 is 0 Å². The maximum atomic E-state index is 12.3. The zero-order valence-corrected chi connectivity index (χ0v) is 12.3. The molecule has 0 aliphatic rings. The van der Waals surface area contributed by atoms with E-state index >= 15 is 0 Å². The highest BCUT2D eigenvalue weighted by molar-refractivity contribution is 5.96. The summed E-state index contributed by atoms with van der Waals surface area (Å²) in [6.07, 6.45) is 0.417. The van der Waals surface area contributed by atoms with Crippen molar-refractivity contribution in [1.82, 2.24) is 4.90 Å². The van der Waals surface area contributed by atoms with Crippen LogP contribution in [0.1, 0.15) is 36.2 Å². The number of aliphatic hydroxyl groups excluding tert-OH is 1. The molecule has 0 spiro atoms. The number of hydrogen-bond donors (Lipinski definition) is 2. The predicted octanol–water partition coefficient (Wildman–Crippen LogP) is 0.756. The van der Waals surface area contributed by atoms with E-state index < -0.39 is 5.91 Å². The Morgan fingerprint density at radius 2 is 1.90 bits per heavy atom. The first-order valence-electron chi connectivity index (χ1n) is 6.74. The van der Waals surface area contributed by atoms with Crippen LogP contribution in [-0.4, -0.2) is 41.0 Å². The van der Waals surface area contributed by atoms with Gasteiger partial charge in [0.25, 0.3) is 5.91 Å². The van der Waals surface area contributed by atoms with E-state index in [0.717, 1.165) is 5.56 Å². The third-order valence-electron chi connectivity index (χ3n) is 2.81. The monoisotopic (exact) mass is 288 g/mol. The summed E-state index contributed by atoms with van der Waals surface area (Å²) in [4.78, 5) is 24.8. The van der Waals surface area contributed by atoms with Gasteiger partial charge in [0.05, 0.1) is 13.2 Å². The fraction of sp³-hybridized carbons (Fsp3) is 0.375. The van der Waals surface area contributed by atoms with Crippen molar-refractivity contribution in [2.75, 3.05) is 13.2 Å². The number of carbonyl (C=O) groups excluding carboxylic acids is 2. The molecule has 0 fully saturated rings. The number of amides is 2. The Balaban J connectivity index is 2.87. The van der Waals surface area contributed by atoms with Crippen LogP contribution in [-0.2, 0) is 4.79 Å². The summed E-state index contributed by atoms with van der Waals surface area (Å²) >= 11 is 0. The molecule has 0 unspecified atom stereocenters. The molecule has 0 aliphatic heterocycles. The van der Waals surface area contributed by atoms with Gasteiger partial charge in [-0.2, -0.15) is 0 Å². The number of benzene rings is 1. The Morgan fingerprint density at radius 3 is 2.38 bits per heavy atom. The molecule has 0 saturated carbocycles. The standard InChI is InChI=1S/C16H20N2O3/c1-12(2)18(11-15(17)20)16(21)14-8-6-13(7-9-14)5-3-4-10-19/h6-9,12,19H,4,10-11H2,1-2H3,(H2,17,20). The Labute approximate surface area is 124 Å². The minimum absolute atomic E-state index is 0.0278. The van der Waals surface area contributed by atoms with Gasteiger partial charge in [-0.05, 0) is 38.1 Å². The molecule has 5 nitrogen and oxygen atoms in total.